The molecule has 1 fully saturated rings. The van der Waals surface area contributed by atoms with Gasteiger partial charge in [-0.25, -0.2) is 0 Å². The van der Waals surface area contributed by atoms with Crippen molar-refractivity contribution < 1.29 is 28.7 Å². The molecule has 0 aliphatic carbocycles. The number of rotatable bonds is 10. The molecule has 0 saturated carbocycles. The van der Waals surface area contributed by atoms with Crippen molar-refractivity contribution in [1.29, 1.82) is 0 Å². The van der Waals surface area contributed by atoms with Crippen molar-refractivity contribution >= 4 is 52.2 Å². The molecule has 0 aromatic heterocycles. The highest BCUT2D eigenvalue weighted by Gasteiger charge is 2.36. The van der Waals surface area contributed by atoms with Gasteiger partial charge in [-0.15, -0.1) is 0 Å². The largest absolute Gasteiger partial charge is 0.490 e. The zero-order valence-corrected chi connectivity index (χ0v) is 24.1. The van der Waals surface area contributed by atoms with Gasteiger partial charge in [0.2, 0.25) is 5.91 Å². The molecular weight excluding hydrogens is 542 g/mol. The molecule has 0 atom stereocenters. The van der Waals surface area contributed by atoms with E-state index in [2.05, 4.69) is 10.6 Å². The molecule has 4 rings (SSSR count). The van der Waals surface area contributed by atoms with Crippen LogP contribution in [-0.2, 0) is 14.4 Å². The van der Waals surface area contributed by atoms with E-state index in [9.17, 15) is 19.2 Å². The van der Waals surface area contributed by atoms with Crippen molar-refractivity contribution in [3.05, 3.63) is 87.8 Å². The number of aryl methyl sites for hydroxylation is 3. The van der Waals surface area contributed by atoms with E-state index < -0.39 is 23.6 Å². The van der Waals surface area contributed by atoms with Gasteiger partial charge in [0.05, 0.1) is 11.5 Å². The van der Waals surface area contributed by atoms with Gasteiger partial charge in [0.25, 0.3) is 17.1 Å². The van der Waals surface area contributed by atoms with Crippen LogP contribution < -0.4 is 20.1 Å². The molecule has 212 valence electrons. The second-order valence-electron chi connectivity index (χ2n) is 9.46. The van der Waals surface area contributed by atoms with Crippen molar-refractivity contribution in [1.82, 2.24) is 4.90 Å². The van der Waals surface area contributed by atoms with Crippen molar-refractivity contribution in [3.8, 4) is 11.5 Å². The van der Waals surface area contributed by atoms with Gasteiger partial charge in [-0.3, -0.25) is 24.1 Å². The van der Waals surface area contributed by atoms with Crippen LogP contribution in [0.1, 0.15) is 29.2 Å². The lowest BCUT2D eigenvalue weighted by molar-refractivity contribution is -0.127. The summed E-state index contributed by atoms with van der Waals surface area (Å²) in [7, 11) is 0. The number of nitrogens with zero attached hydrogens (tertiary/aromatic N) is 1. The van der Waals surface area contributed by atoms with E-state index in [0.29, 0.717) is 35.0 Å². The quantitative estimate of drug-likeness (QED) is 0.299. The average Bonchev–Trinajstić information content (AvgIpc) is 3.17. The van der Waals surface area contributed by atoms with Crippen LogP contribution in [0, 0.1) is 20.8 Å². The Bertz CT molecular complexity index is 1530. The van der Waals surface area contributed by atoms with Crippen LogP contribution in [0.4, 0.5) is 16.2 Å². The number of nitrogens with one attached hydrogen (secondary N) is 2. The number of benzene rings is 3. The molecule has 1 aliphatic rings. The monoisotopic (exact) mass is 573 g/mol. The number of thioether (sulfide) groups is 1. The number of anilines is 2. The Morgan fingerprint density at radius 1 is 0.854 bits per heavy atom. The summed E-state index contributed by atoms with van der Waals surface area (Å²) in [6.07, 6.45) is 1.56. The fourth-order valence-electron chi connectivity index (χ4n) is 4.02. The van der Waals surface area contributed by atoms with Gasteiger partial charge in [-0.2, -0.15) is 0 Å². The lowest BCUT2D eigenvalue weighted by Crippen LogP contribution is -2.36. The molecule has 10 heteroatoms. The highest BCUT2D eigenvalue weighted by atomic mass is 32.2. The van der Waals surface area contributed by atoms with E-state index in [-0.39, 0.29) is 17.4 Å². The maximum atomic E-state index is 12.9. The van der Waals surface area contributed by atoms with Crippen LogP contribution in [0.3, 0.4) is 0 Å². The van der Waals surface area contributed by atoms with Gasteiger partial charge in [0.1, 0.15) is 6.54 Å². The van der Waals surface area contributed by atoms with Crippen LogP contribution in [0.15, 0.2) is 65.6 Å². The summed E-state index contributed by atoms with van der Waals surface area (Å²) in [5.41, 5.74) is 5.04. The Balaban J connectivity index is 1.40. The molecule has 0 unspecified atom stereocenters. The standard InChI is InChI=1S/C31H31N3O6S/c1-5-39-26-15-22(10-12-25(26)40-18-29(36)33-24-11-9-20(3)21(4)14-24)16-27-30(37)34(31(38)41-27)17-28(35)32-23-8-6-7-19(2)13-23/h6-16H,5,17-18H2,1-4H3,(H,32,35)(H,33,36)/b27-16+. The number of imide groups is 1. The predicted octanol–water partition coefficient (Wildman–Crippen LogP) is 5.70. The Morgan fingerprint density at radius 2 is 1.61 bits per heavy atom. The Labute approximate surface area is 242 Å². The summed E-state index contributed by atoms with van der Waals surface area (Å²) in [6, 6.07) is 17.9. The molecule has 3 aromatic carbocycles. The van der Waals surface area contributed by atoms with Gasteiger partial charge in [-0.1, -0.05) is 24.3 Å². The zero-order chi connectivity index (χ0) is 29.5. The van der Waals surface area contributed by atoms with Gasteiger partial charge >= 0.3 is 0 Å². The number of carbonyl (C=O) groups is 4. The van der Waals surface area contributed by atoms with Crippen LogP contribution >= 0.6 is 11.8 Å². The first-order chi connectivity index (χ1) is 19.6. The summed E-state index contributed by atoms with van der Waals surface area (Å²) < 4.78 is 11.4. The van der Waals surface area contributed by atoms with Gasteiger partial charge < -0.3 is 20.1 Å². The molecule has 0 bridgehead atoms. The molecule has 3 aromatic rings. The summed E-state index contributed by atoms with van der Waals surface area (Å²) in [4.78, 5) is 51.5. The number of carbonyl (C=O) groups excluding carboxylic acids is 4. The molecular formula is C31H31N3O6S. The van der Waals surface area contributed by atoms with Crippen LogP contribution in [0.5, 0.6) is 11.5 Å². The van der Waals surface area contributed by atoms with E-state index in [0.717, 1.165) is 33.4 Å². The minimum atomic E-state index is -0.555. The Hall–Kier alpha value is -4.57. The minimum absolute atomic E-state index is 0.183. The maximum Gasteiger partial charge on any atom is 0.294 e. The summed E-state index contributed by atoms with van der Waals surface area (Å²) in [5, 5.41) is 5.00. The molecule has 9 nitrogen and oxygen atoms in total. The first-order valence-corrected chi connectivity index (χ1v) is 13.8. The zero-order valence-electron chi connectivity index (χ0n) is 23.3. The molecule has 1 aliphatic heterocycles. The van der Waals surface area contributed by atoms with E-state index in [1.165, 1.54) is 0 Å². The normalized spacial score (nSPS) is 13.9. The Morgan fingerprint density at radius 3 is 2.34 bits per heavy atom. The molecule has 2 N–H and O–H groups in total. The first kappa shape index (κ1) is 29.4. The number of ether oxygens (including phenoxy) is 2. The lowest BCUT2D eigenvalue weighted by Gasteiger charge is -2.13. The van der Waals surface area contributed by atoms with Crippen molar-refractivity contribution in [2.45, 2.75) is 27.7 Å². The fraction of sp³-hybridized carbons (Fsp3) is 0.226. The van der Waals surface area contributed by atoms with E-state index in [1.54, 1.807) is 36.4 Å². The first-order valence-electron chi connectivity index (χ1n) is 13.0. The molecule has 4 amide bonds. The van der Waals surface area contributed by atoms with E-state index in [1.807, 2.05) is 58.0 Å². The van der Waals surface area contributed by atoms with Crippen molar-refractivity contribution in [3.63, 3.8) is 0 Å². The SMILES string of the molecule is CCOc1cc(/C=C2/SC(=O)N(CC(=O)Nc3cccc(C)c3)C2=O)ccc1OCC(=O)Nc1ccc(C)c(C)c1. The van der Waals surface area contributed by atoms with E-state index >= 15 is 0 Å². The summed E-state index contributed by atoms with van der Waals surface area (Å²) in [6.45, 7) is 7.42. The molecule has 41 heavy (non-hydrogen) atoms. The van der Waals surface area contributed by atoms with Crippen LogP contribution in [0.2, 0.25) is 0 Å². The highest BCUT2D eigenvalue weighted by Crippen LogP contribution is 2.34. The topological polar surface area (TPSA) is 114 Å². The summed E-state index contributed by atoms with van der Waals surface area (Å²) >= 11 is 0.761. The van der Waals surface area contributed by atoms with Gasteiger partial charge in [0.15, 0.2) is 18.1 Å². The molecule has 0 radical (unpaired) electrons. The maximum absolute atomic E-state index is 12.9. The second-order valence-corrected chi connectivity index (χ2v) is 10.5. The van der Waals surface area contributed by atoms with Crippen molar-refractivity contribution in [2.24, 2.45) is 0 Å². The number of hydrogen-bond donors (Lipinski definition) is 2. The van der Waals surface area contributed by atoms with Gasteiger partial charge in [0, 0.05) is 11.4 Å². The third kappa shape index (κ3) is 7.76. The third-order valence-electron chi connectivity index (χ3n) is 6.19. The Kier molecular flexibility index (Phi) is 9.46. The molecule has 1 heterocycles. The van der Waals surface area contributed by atoms with Crippen molar-refractivity contribution in [2.75, 3.05) is 30.4 Å². The summed E-state index contributed by atoms with van der Waals surface area (Å²) in [5.74, 6) is -0.599. The van der Waals surface area contributed by atoms with Crippen LogP contribution in [0.25, 0.3) is 6.08 Å². The number of hydrogen-bond acceptors (Lipinski definition) is 7. The lowest BCUT2D eigenvalue weighted by atomic mass is 10.1. The second kappa shape index (κ2) is 13.2. The smallest absolute Gasteiger partial charge is 0.294 e. The predicted molar refractivity (Wildman–Crippen MR) is 160 cm³/mol. The van der Waals surface area contributed by atoms with Gasteiger partial charge in [-0.05, 0) is 104 Å². The number of amides is 4. The van der Waals surface area contributed by atoms with E-state index in [4.69, 9.17) is 9.47 Å². The third-order valence-corrected chi connectivity index (χ3v) is 7.10. The highest BCUT2D eigenvalue weighted by molar-refractivity contribution is 8.18. The fourth-order valence-corrected chi connectivity index (χ4v) is 4.85. The molecule has 1 saturated heterocycles. The molecule has 0 spiro atoms. The minimum Gasteiger partial charge on any atom is -0.490 e. The van der Waals surface area contributed by atoms with Crippen LogP contribution in [-0.4, -0.2) is 47.6 Å². The average molecular weight is 574 g/mol.